The molecule has 136 valence electrons. The zero-order valence-corrected chi connectivity index (χ0v) is 14.0. The Morgan fingerprint density at radius 2 is 1.64 bits per heavy atom. The Kier molecular flexibility index (Phi) is 8.38. The fourth-order valence-corrected chi connectivity index (χ4v) is 2.17. The Morgan fingerprint density at radius 1 is 1.16 bits per heavy atom. The number of alkyl halides is 1. The van der Waals surface area contributed by atoms with Crippen LogP contribution in [0.2, 0.25) is 0 Å². The highest BCUT2D eigenvalue weighted by Gasteiger charge is 2.31. The number of carbonyl (C=O) groups is 2. The monoisotopic (exact) mass is 353 g/mol. The minimum Gasteiger partial charge on any atom is -0.465 e. The molecule has 0 radical (unpaired) electrons. The molecule has 0 saturated carbocycles. The van der Waals surface area contributed by atoms with Crippen molar-refractivity contribution in [3.05, 3.63) is 45.8 Å². The van der Waals surface area contributed by atoms with Gasteiger partial charge in [-0.3, -0.25) is 14.0 Å². The molecule has 9 heteroatoms. The zero-order chi connectivity index (χ0) is 18.8. The van der Waals surface area contributed by atoms with E-state index < -0.39 is 36.7 Å². The average molecular weight is 353 g/mol. The van der Waals surface area contributed by atoms with Gasteiger partial charge in [-0.05, 0) is 30.5 Å². The van der Waals surface area contributed by atoms with Gasteiger partial charge in [0.1, 0.15) is 6.67 Å². The number of ether oxygens (including phenoxy) is 2. The van der Waals surface area contributed by atoms with Crippen molar-refractivity contribution in [2.45, 2.75) is 31.9 Å². The molecule has 0 aliphatic rings. The van der Waals surface area contributed by atoms with E-state index >= 15 is 0 Å². The van der Waals surface area contributed by atoms with E-state index in [2.05, 4.69) is 10.0 Å². The highest BCUT2D eigenvalue weighted by molar-refractivity contribution is 6.00. The van der Waals surface area contributed by atoms with Gasteiger partial charge in [0.05, 0.1) is 25.4 Å². The maximum Gasteiger partial charge on any atom is 0.324 e. The van der Waals surface area contributed by atoms with Gasteiger partial charge < -0.3 is 14.6 Å². The molecule has 8 nitrogen and oxygen atoms in total. The molecule has 0 unspecified atom stereocenters. The van der Waals surface area contributed by atoms with Crippen LogP contribution in [-0.2, 0) is 19.1 Å². The summed E-state index contributed by atoms with van der Waals surface area (Å²) in [6.07, 6.45) is -1.35. The molecule has 0 amide bonds. The van der Waals surface area contributed by atoms with E-state index in [0.717, 1.165) is 0 Å². The molecule has 0 aromatic heterocycles. The highest BCUT2D eigenvalue weighted by Crippen LogP contribution is 2.25. The summed E-state index contributed by atoms with van der Waals surface area (Å²) in [4.78, 5) is 26.6. The molecule has 0 aliphatic carbocycles. The lowest BCUT2D eigenvalue weighted by molar-refractivity contribution is -0.156. The molecule has 1 aromatic rings. The fourth-order valence-electron chi connectivity index (χ4n) is 2.17. The van der Waals surface area contributed by atoms with Crippen LogP contribution in [0.25, 0.3) is 10.4 Å². The van der Waals surface area contributed by atoms with E-state index in [1.165, 1.54) is 24.3 Å². The van der Waals surface area contributed by atoms with Crippen molar-refractivity contribution in [3.8, 4) is 0 Å². The van der Waals surface area contributed by atoms with Crippen molar-refractivity contribution in [1.29, 1.82) is 0 Å². The van der Waals surface area contributed by atoms with Crippen LogP contribution in [0.15, 0.2) is 29.4 Å². The number of esters is 2. The Balaban J connectivity index is 3.08. The topological polar surface area (TPSA) is 122 Å². The molecule has 0 heterocycles. The molecule has 0 bridgehead atoms. The van der Waals surface area contributed by atoms with Crippen molar-refractivity contribution in [2.24, 2.45) is 5.11 Å². The first-order valence-corrected chi connectivity index (χ1v) is 7.71. The van der Waals surface area contributed by atoms with Crippen LogP contribution >= 0.6 is 0 Å². The Hall–Kier alpha value is -2.64. The normalized spacial score (nSPS) is 12.8. The standard InChI is InChI=1S/C16H20FN3O5/c1-3-24-15(22)13(16(23)25-4-2)10-5-7-11(8-6-10)14(21)12(9-17)19-20-18/h5-8,12-14,21H,3-4,9H2,1-2H3/t12-,14-/m1/s1. The van der Waals surface area contributed by atoms with E-state index in [1.54, 1.807) is 13.8 Å². The molecule has 0 fully saturated rings. The molecule has 1 aromatic carbocycles. The lowest BCUT2D eigenvalue weighted by Gasteiger charge is -2.18. The van der Waals surface area contributed by atoms with Crippen molar-refractivity contribution >= 4 is 11.9 Å². The first-order valence-electron chi connectivity index (χ1n) is 7.71. The summed E-state index contributed by atoms with van der Waals surface area (Å²) in [5, 5.41) is 13.2. The molecule has 0 saturated heterocycles. The van der Waals surface area contributed by atoms with Gasteiger partial charge in [0, 0.05) is 4.91 Å². The molecular formula is C16H20FN3O5. The van der Waals surface area contributed by atoms with Gasteiger partial charge in [-0.15, -0.1) is 0 Å². The maximum absolute atomic E-state index is 12.8. The van der Waals surface area contributed by atoms with E-state index in [-0.39, 0.29) is 18.8 Å². The fraction of sp³-hybridized carbons (Fsp3) is 0.500. The minimum absolute atomic E-state index is 0.107. The van der Waals surface area contributed by atoms with Crippen LogP contribution in [-0.4, -0.2) is 43.0 Å². The minimum atomic E-state index is -1.35. The van der Waals surface area contributed by atoms with Crippen LogP contribution in [0.1, 0.15) is 37.0 Å². The zero-order valence-electron chi connectivity index (χ0n) is 14.0. The number of benzene rings is 1. The van der Waals surface area contributed by atoms with Crippen LogP contribution in [0.3, 0.4) is 0 Å². The Labute approximate surface area is 144 Å². The van der Waals surface area contributed by atoms with Crippen molar-refractivity contribution < 1.29 is 28.6 Å². The van der Waals surface area contributed by atoms with E-state index in [1.807, 2.05) is 0 Å². The molecular weight excluding hydrogens is 333 g/mol. The Morgan fingerprint density at radius 3 is 2.04 bits per heavy atom. The summed E-state index contributed by atoms with van der Waals surface area (Å²) >= 11 is 0. The lowest BCUT2D eigenvalue weighted by atomic mass is 9.95. The predicted octanol–water partition coefficient (Wildman–Crippen LogP) is 2.58. The third kappa shape index (κ3) is 5.44. The second-order valence-electron chi connectivity index (χ2n) is 4.98. The molecule has 1 rings (SSSR count). The first-order chi connectivity index (χ1) is 12.0. The molecule has 0 spiro atoms. The summed E-state index contributed by atoms with van der Waals surface area (Å²) < 4.78 is 22.6. The third-order valence-corrected chi connectivity index (χ3v) is 3.38. The number of hydrogen-bond acceptors (Lipinski definition) is 6. The van der Waals surface area contributed by atoms with Gasteiger partial charge in [0.25, 0.3) is 0 Å². The van der Waals surface area contributed by atoms with Crippen LogP contribution < -0.4 is 0 Å². The van der Waals surface area contributed by atoms with Gasteiger partial charge >= 0.3 is 11.9 Å². The van der Waals surface area contributed by atoms with Crippen molar-refractivity contribution in [1.82, 2.24) is 0 Å². The number of azide groups is 1. The van der Waals surface area contributed by atoms with Crippen molar-refractivity contribution in [2.75, 3.05) is 19.9 Å². The smallest absolute Gasteiger partial charge is 0.324 e. The molecule has 1 N–H and O–H groups in total. The number of nitrogens with zero attached hydrogens (tertiary/aromatic N) is 3. The number of carbonyl (C=O) groups excluding carboxylic acids is 2. The van der Waals surface area contributed by atoms with Gasteiger partial charge in [0.15, 0.2) is 5.92 Å². The predicted molar refractivity (Wildman–Crippen MR) is 86.3 cm³/mol. The van der Waals surface area contributed by atoms with Crippen LogP contribution in [0.4, 0.5) is 4.39 Å². The molecule has 0 aliphatic heterocycles. The van der Waals surface area contributed by atoms with Crippen molar-refractivity contribution in [3.63, 3.8) is 0 Å². The molecule has 25 heavy (non-hydrogen) atoms. The second kappa shape index (κ2) is 10.3. The largest absolute Gasteiger partial charge is 0.465 e. The average Bonchev–Trinajstić information content (AvgIpc) is 2.60. The summed E-state index contributed by atoms with van der Waals surface area (Å²) in [5.74, 6) is -2.74. The first kappa shape index (κ1) is 20.4. The second-order valence-corrected chi connectivity index (χ2v) is 4.98. The summed E-state index contributed by atoms with van der Waals surface area (Å²) in [6.45, 7) is 2.42. The highest BCUT2D eigenvalue weighted by atomic mass is 19.1. The van der Waals surface area contributed by atoms with Gasteiger partial charge in [-0.1, -0.05) is 29.4 Å². The maximum atomic E-state index is 12.8. The SMILES string of the molecule is CCOC(=O)C(C(=O)OCC)c1ccc([C@@H](O)[C@@H](CF)N=[N+]=[N-])cc1. The van der Waals surface area contributed by atoms with Gasteiger partial charge in [-0.2, -0.15) is 0 Å². The van der Waals surface area contributed by atoms with Crippen LogP contribution in [0.5, 0.6) is 0 Å². The number of aliphatic hydroxyl groups is 1. The summed E-state index contributed by atoms with van der Waals surface area (Å²) in [6, 6.07) is 4.44. The van der Waals surface area contributed by atoms with E-state index in [0.29, 0.717) is 5.56 Å². The number of aliphatic hydroxyl groups excluding tert-OH is 1. The van der Waals surface area contributed by atoms with E-state index in [4.69, 9.17) is 15.0 Å². The van der Waals surface area contributed by atoms with Gasteiger partial charge in [-0.25, -0.2) is 0 Å². The lowest BCUT2D eigenvalue weighted by Crippen LogP contribution is -2.26. The third-order valence-electron chi connectivity index (χ3n) is 3.38. The Bertz CT molecular complexity index is 613. The van der Waals surface area contributed by atoms with E-state index in [9.17, 15) is 19.1 Å². The quantitative estimate of drug-likeness (QED) is 0.240. The molecule has 2 atom stereocenters. The van der Waals surface area contributed by atoms with Crippen LogP contribution in [0, 0.1) is 0 Å². The number of halogens is 1. The number of rotatable bonds is 9. The summed E-state index contributed by atoms with van der Waals surface area (Å²) in [7, 11) is 0. The number of hydrogen-bond donors (Lipinski definition) is 1. The summed E-state index contributed by atoms with van der Waals surface area (Å²) in [5.41, 5.74) is 8.98. The van der Waals surface area contributed by atoms with Gasteiger partial charge in [0.2, 0.25) is 0 Å².